The minimum Gasteiger partial charge on any atom is -0.384 e. The molecule has 0 fully saturated rings. The standard InChI is InChI=1S/C22H29N7O3S/c1-5-6-7-15-8-10-16(11-9-15)29-21(24-25-26-29)33-13-17(30)18-19(23)28(12-14(2)3)22(32)27(4)20(18)31/h8-11,14H,5-7,12-13,23H2,1-4H3. The Morgan fingerprint density at radius 1 is 1.18 bits per heavy atom. The fourth-order valence-corrected chi connectivity index (χ4v) is 4.17. The molecule has 1 aromatic carbocycles. The molecule has 2 N–H and O–H groups in total. The van der Waals surface area contributed by atoms with Crippen molar-refractivity contribution in [3.05, 3.63) is 56.2 Å². The van der Waals surface area contributed by atoms with Crippen LogP contribution in [-0.2, 0) is 20.0 Å². The zero-order chi connectivity index (χ0) is 24.1. The van der Waals surface area contributed by atoms with Gasteiger partial charge in [0.05, 0.1) is 11.4 Å². The third kappa shape index (κ3) is 5.41. The van der Waals surface area contributed by atoms with Gasteiger partial charge in [0.25, 0.3) is 5.56 Å². The van der Waals surface area contributed by atoms with Crippen molar-refractivity contribution in [2.75, 3.05) is 11.5 Å². The van der Waals surface area contributed by atoms with Crippen molar-refractivity contribution in [3.8, 4) is 5.69 Å². The predicted octanol–water partition coefficient (Wildman–Crippen LogP) is 2.08. The number of aryl methyl sites for hydroxylation is 1. The Labute approximate surface area is 195 Å². The third-order valence-corrected chi connectivity index (χ3v) is 6.10. The van der Waals surface area contributed by atoms with Gasteiger partial charge in [-0.1, -0.05) is 51.1 Å². The molecule has 10 nitrogen and oxygen atoms in total. The maximum Gasteiger partial charge on any atom is 0.332 e. The van der Waals surface area contributed by atoms with Gasteiger partial charge in [-0.2, -0.15) is 4.68 Å². The number of unbranched alkanes of at least 4 members (excludes halogenated alkanes) is 1. The normalized spacial score (nSPS) is 11.3. The van der Waals surface area contributed by atoms with E-state index in [0.29, 0.717) is 11.7 Å². The lowest BCUT2D eigenvalue weighted by atomic mass is 10.1. The Hall–Kier alpha value is -3.21. The lowest BCUT2D eigenvalue weighted by Gasteiger charge is -2.16. The van der Waals surface area contributed by atoms with Gasteiger partial charge in [-0.25, -0.2) is 4.79 Å². The molecule has 0 saturated carbocycles. The number of aromatic nitrogens is 6. The zero-order valence-electron chi connectivity index (χ0n) is 19.3. The molecule has 0 aliphatic heterocycles. The fraction of sp³-hybridized carbons (Fsp3) is 0.455. The SMILES string of the molecule is CCCCc1ccc(-n2nnnc2SCC(=O)c2c(N)n(CC(C)C)c(=O)n(C)c2=O)cc1. The maximum absolute atomic E-state index is 13.0. The molecule has 3 aromatic rings. The molecule has 176 valence electrons. The maximum atomic E-state index is 13.0. The number of hydrogen-bond donors (Lipinski definition) is 1. The minimum absolute atomic E-state index is 0.103. The fourth-order valence-electron chi connectivity index (χ4n) is 3.40. The molecule has 0 radical (unpaired) electrons. The first kappa shape index (κ1) is 24.4. The number of Topliss-reactive ketones (excluding diaryl/α,β-unsaturated/α-hetero) is 1. The van der Waals surface area contributed by atoms with E-state index >= 15 is 0 Å². The van der Waals surface area contributed by atoms with E-state index in [1.807, 2.05) is 38.1 Å². The highest BCUT2D eigenvalue weighted by Gasteiger charge is 2.23. The van der Waals surface area contributed by atoms with Gasteiger partial charge in [-0.15, -0.1) is 5.10 Å². The largest absolute Gasteiger partial charge is 0.384 e. The van der Waals surface area contributed by atoms with Crippen LogP contribution in [0.15, 0.2) is 39.0 Å². The van der Waals surface area contributed by atoms with Gasteiger partial charge in [0, 0.05) is 13.6 Å². The van der Waals surface area contributed by atoms with Gasteiger partial charge >= 0.3 is 5.69 Å². The first-order chi connectivity index (χ1) is 15.7. The summed E-state index contributed by atoms with van der Waals surface area (Å²) in [6.45, 7) is 6.30. The Kier molecular flexibility index (Phi) is 7.85. The van der Waals surface area contributed by atoms with E-state index < -0.39 is 17.0 Å². The first-order valence-corrected chi connectivity index (χ1v) is 11.9. The molecular weight excluding hydrogens is 442 g/mol. The van der Waals surface area contributed by atoms with Gasteiger partial charge in [0.2, 0.25) is 5.16 Å². The van der Waals surface area contributed by atoms with E-state index in [-0.39, 0.29) is 23.1 Å². The number of ketones is 1. The summed E-state index contributed by atoms with van der Waals surface area (Å²) in [6.07, 6.45) is 3.27. The van der Waals surface area contributed by atoms with Crippen molar-refractivity contribution in [3.63, 3.8) is 0 Å². The highest BCUT2D eigenvalue weighted by molar-refractivity contribution is 7.99. The van der Waals surface area contributed by atoms with Crippen molar-refractivity contribution in [2.45, 2.75) is 51.7 Å². The van der Waals surface area contributed by atoms with Crippen molar-refractivity contribution in [2.24, 2.45) is 13.0 Å². The monoisotopic (exact) mass is 471 g/mol. The molecular formula is C22H29N7O3S. The summed E-state index contributed by atoms with van der Waals surface area (Å²) in [5, 5.41) is 12.2. The second kappa shape index (κ2) is 10.6. The average Bonchev–Trinajstić information content (AvgIpc) is 3.26. The van der Waals surface area contributed by atoms with Crippen LogP contribution in [0.25, 0.3) is 5.69 Å². The van der Waals surface area contributed by atoms with Gasteiger partial charge in [0.15, 0.2) is 5.78 Å². The third-order valence-electron chi connectivity index (χ3n) is 5.18. The van der Waals surface area contributed by atoms with Crippen molar-refractivity contribution in [1.29, 1.82) is 0 Å². The van der Waals surface area contributed by atoms with E-state index in [1.165, 1.54) is 17.2 Å². The van der Waals surface area contributed by atoms with Gasteiger partial charge in [-0.05, 0) is 46.9 Å². The van der Waals surface area contributed by atoms with E-state index in [1.54, 1.807) is 4.68 Å². The molecule has 0 spiro atoms. The molecule has 33 heavy (non-hydrogen) atoms. The van der Waals surface area contributed by atoms with Crippen LogP contribution in [0.3, 0.4) is 0 Å². The van der Waals surface area contributed by atoms with Crippen LogP contribution in [0.2, 0.25) is 0 Å². The van der Waals surface area contributed by atoms with Gasteiger partial charge in [-0.3, -0.25) is 18.7 Å². The number of thioether (sulfide) groups is 1. The number of anilines is 1. The number of rotatable bonds is 10. The topological polar surface area (TPSA) is 131 Å². The number of nitrogens with zero attached hydrogens (tertiary/aromatic N) is 6. The summed E-state index contributed by atoms with van der Waals surface area (Å²) >= 11 is 1.10. The molecule has 0 bridgehead atoms. The average molecular weight is 472 g/mol. The second-order valence-electron chi connectivity index (χ2n) is 8.27. The lowest BCUT2D eigenvalue weighted by Crippen LogP contribution is -2.43. The Morgan fingerprint density at radius 2 is 1.88 bits per heavy atom. The molecule has 0 aliphatic rings. The van der Waals surface area contributed by atoms with Crippen LogP contribution >= 0.6 is 11.8 Å². The number of carbonyl (C=O) groups excluding carboxylic acids is 1. The van der Waals surface area contributed by atoms with Crippen LogP contribution in [0, 0.1) is 5.92 Å². The highest BCUT2D eigenvalue weighted by Crippen LogP contribution is 2.21. The Balaban J connectivity index is 1.82. The van der Waals surface area contributed by atoms with Crippen molar-refractivity contribution >= 4 is 23.4 Å². The van der Waals surface area contributed by atoms with Crippen LogP contribution in [0.1, 0.15) is 49.5 Å². The number of hydrogen-bond acceptors (Lipinski definition) is 8. The van der Waals surface area contributed by atoms with Crippen molar-refractivity contribution in [1.82, 2.24) is 29.3 Å². The van der Waals surface area contributed by atoms with E-state index in [4.69, 9.17) is 5.73 Å². The zero-order valence-corrected chi connectivity index (χ0v) is 20.1. The molecule has 0 amide bonds. The van der Waals surface area contributed by atoms with Crippen LogP contribution in [0.4, 0.5) is 5.82 Å². The minimum atomic E-state index is -0.703. The molecule has 2 aromatic heterocycles. The summed E-state index contributed by atoms with van der Waals surface area (Å²) in [5.41, 5.74) is 6.67. The van der Waals surface area contributed by atoms with Crippen LogP contribution in [0.5, 0.6) is 0 Å². The van der Waals surface area contributed by atoms with Crippen molar-refractivity contribution < 1.29 is 4.79 Å². The highest BCUT2D eigenvalue weighted by atomic mass is 32.2. The predicted molar refractivity (Wildman–Crippen MR) is 128 cm³/mol. The molecule has 0 aliphatic carbocycles. The van der Waals surface area contributed by atoms with Gasteiger partial charge in [0.1, 0.15) is 11.4 Å². The first-order valence-electron chi connectivity index (χ1n) is 10.9. The number of nitrogens with two attached hydrogens (primary N) is 1. The van der Waals surface area contributed by atoms with E-state index in [0.717, 1.165) is 41.3 Å². The summed E-state index contributed by atoms with van der Waals surface area (Å²) in [5.74, 6) is -0.587. The van der Waals surface area contributed by atoms with Crippen LogP contribution < -0.4 is 17.0 Å². The molecule has 11 heteroatoms. The molecule has 0 saturated heterocycles. The molecule has 0 unspecified atom stereocenters. The van der Waals surface area contributed by atoms with E-state index in [9.17, 15) is 14.4 Å². The quantitative estimate of drug-likeness (QED) is 0.351. The smallest absolute Gasteiger partial charge is 0.332 e. The molecule has 0 atom stereocenters. The molecule has 3 rings (SSSR count). The lowest BCUT2D eigenvalue weighted by molar-refractivity contribution is 0.102. The van der Waals surface area contributed by atoms with Gasteiger partial charge < -0.3 is 5.73 Å². The number of nitrogen functional groups attached to an aromatic ring is 1. The Morgan fingerprint density at radius 3 is 2.52 bits per heavy atom. The Bertz CT molecular complexity index is 1240. The summed E-state index contributed by atoms with van der Waals surface area (Å²) in [6, 6.07) is 7.94. The van der Waals surface area contributed by atoms with Crippen LogP contribution in [-0.4, -0.2) is 40.9 Å². The summed E-state index contributed by atoms with van der Waals surface area (Å²) in [7, 11) is 1.34. The second-order valence-corrected chi connectivity index (χ2v) is 9.21. The molecule has 2 heterocycles. The number of tetrazole rings is 1. The number of benzene rings is 1. The van der Waals surface area contributed by atoms with E-state index in [2.05, 4.69) is 22.4 Å². The summed E-state index contributed by atoms with van der Waals surface area (Å²) in [4.78, 5) is 38.1. The summed E-state index contributed by atoms with van der Waals surface area (Å²) < 4.78 is 3.73. The number of carbonyl (C=O) groups is 1.